The van der Waals surface area contributed by atoms with E-state index < -0.39 is 17.7 Å². The molecule has 0 radical (unpaired) electrons. The first kappa shape index (κ1) is 19.6. The average molecular weight is 436 g/mol. The number of ether oxygens (including phenoxy) is 1. The lowest BCUT2D eigenvalue weighted by molar-refractivity contribution is -0.172. The lowest BCUT2D eigenvalue weighted by atomic mass is 9.83. The zero-order valence-electron chi connectivity index (χ0n) is 17.7. The summed E-state index contributed by atoms with van der Waals surface area (Å²) in [6.45, 7) is 3.38. The second-order valence-electron chi connectivity index (χ2n) is 8.87. The van der Waals surface area contributed by atoms with Gasteiger partial charge in [0.15, 0.2) is 5.60 Å². The van der Waals surface area contributed by atoms with Crippen LogP contribution in [0.15, 0.2) is 16.9 Å². The van der Waals surface area contributed by atoms with E-state index in [-0.39, 0.29) is 42.1 Å². The van der Waals surface area contributed by atoms with Gasteiger partial charge in [-0.1, -0.05) is 6.92 Å². The number of halogens is 1. The van der Waals surface area contributed by atoms with Gasteiger partial charge in [-0.2, -0.15) is 0 Å². The molecule has 2 atom stereocenters. The predicted molar refractivity (Wildman–Crippen MR) is 113 cm³/mol. The van der Waals surface area contributed by atoms with Crippen LogP contribution in [0.1, 0.15) is 59.3 Å². The molecular formula is C24H21FN2O5. The number of carbonyl (C=O) groups excluding carboxylic acids is 1. The molecule has 0 fully saturated rings. The summed E-state index contributed by atoms with van der Waals surface area (Å²) >= 11 is 0. The van der Waals surface area contributed by atoms with Crippen molar-refractivity contribution >= 4 is 16.9 Å². The second-order valence-corrected chi connectivity index (χ2v) is 8.87. The molecule has 32 heavy (non-hydrogen) atoms. The van der Waals surface area contributed by atoms with E-state index >= 15 is 0 Å². The Bertz CT molecular complexity index is 1440. The van der Waals surface area contributed by atoms with Crippen molar-refractivity contribution in [1.29, 1.82) is 0 Å². The lowest BCUT2D eigenvalue weighted by Crippen LogP contribution is -2.44. The largest absolute Gasteiger partial charge is 0.458 e. The Morgan fingerprint density at radius 1 is 1.28 bits per heavy atom. The number of fused-ring (bicyclic) bond motifs is 5. The highest BCUT2D eigenvalue weighted by atomic mass is 19.1. The Hall–Kier alpha value is -3.10. The summed E-state index contributed by atoms with van der Waals surface area (Å²) in [5.74, 6) is -1.14. The number of carbonyl (C=O) groups is 1. The molecule has 0 saturated heterocycles. The van der Waals surface area contributed by atoms with Crippen LogP contribution in [0, 0.1) is 12.7 Å². The van der Waals surface area contributed by atoms with Crippen LogP contribution in [0.3, 0.4) is 0 Å². The fourth-order valence-corrected chi connectivity index (χ4v) is 5.53. The lowest BCUT2D eigenvalue weighted by Gasteiger charge is -2.31. The van der Waals surface area contributed by atoms with Gasteiger partial charge in [-0.25, -0.2) is 14.2 Å². The van der Waals surface area contributed by atoms with Crippen molar-refractivity contribution in [3.63, 3.8) is 0 Å². The molecule has 0 spiro atoms. The molecule has 3 aliphatic rings. The van der Waals surface area contributed by atoms with Crippen LogP contribution in [0.25, 0.3) is 22.3 Å². The first-order chi connectivity index (χ1) is 15.3. The maximum Gasteiger partial charge on any atom is 0.343 e. The summed E-state index contributed by atoms with van der Waals surface area (Å²) in [6, 6.07) is 2.99. The molecule has 2 aliphatic heterocycles. The van der Waals surface area contributed by atoms with E-state index in [0.717, 1.165) is 16.5 Å². The van der Waals surface area contributed by atoms with Crippen LogP contribution >= 0.6 is 0 Å². The SMILES string of the molecule is CC[C@@]1(O)C(=O)OCc2c1cc1n(c2=O)Cc2c-1nc1cc(F)c(C)c3c1c2[C@H](O)CC3. The number of pyridine rings is 2. The molecule has 4 heterocycles. The minimum Gasteiger partial charge on any atom is -0.458 e. The van der Waals surface area contributed by atoms with Crippen LogP contribution in [0.5, 0.6) is 0 Å². The molecular weight excluding hydrogens is 415 g/mol. The number of aromatic nitrogens is 2. The van der Waals surface area contributed by atoms with E-state index in [1.165, 1.54) is 10.6 Å². The van der Waals surface area contributed by atoms with E-state index in [1.54, 1.807) is 19.9 Å². The number of aryl methyl sites for hydroxylation is 1. The standard InChI is InChI=1S/C24H21FN2O5/c1-3-24(31)14-6-17-21-12(8-27(17)22(29)13(14)9-32-23(24)30)20-18(28)5-4-11-10(2)15(25)7-16(26-21)19(11)20/h6-7,18,28,31H,3-5,8-9H2,1-2H3/t18-,24+/m1/s1. The summed E-state index contributed by atoms with van der Waals surface area (Å²) in [6.07, 6.45) is 0.322. The molecule has 8 heteroatoms. The van der Waals surface area contributed by atoms with E-state index in [2.05, 4.69) is 0 Å². The summed E-state index contributed by atoms with van der Waals surface area (Å²) in [7, 11) is 0. The normalized spacial score (nSPS) is 23.0. The van der Waals surface area contributed by atoms with Crippen molar-refractivity contribution in [3.8, 4) is 11.4 Å². The Kier molecular flexibility index (Phi) is 3.81. The minimum atomic E-state index is -1.91. The van der Waals surface area contributed by atoms with Gasteiger partial charge in [0.05, 0.1) is 35.1 Å². The highest BCUT2D eigenvalue weighted by molar-refractivity contribution is 5.93. The maximum absolute atomic E-state index is 14.6. The zero-order valence-corrected chi connectivity index (χ0v) is 17.7. The fraction of sp³-hybridized carbons (Fsp3) is 0.375. The van der Waals surface area contributed by atoms with Crippen molar-refractivity contribution in [2.24, 2.45) is 0 Å². The zero-order chi connectivity index (χ0) is 22.5. The Morgan fingerprint density at radius 2 is 2.06 bits per heavy atom. The number of benzene rings is 1. The molecule has 2 aromatic heterocycles. The molecule has 1 aliphatic carbocycles. The van der Waals surface area contributed by atoms with Gasteiger partial charge >= 0.3 is 5.97 Å². The Morgan fingerprint density at radius 3 is 2.81 bits per heavy atom. The number of cyclic esters (lactones) is 1. The van der Waals surface area contributed by atoms with Gasteiger partial charge in [-0.05, 0) is 48.9 Å². The number of nitrogens with zero attached hydrogens (tertiary/aromatic N) is 2. The van der Waals surface area contributed by atoms with Gasteiger partial charge < -0.3 is 19.5 Å². The molecule has 0 unspecified atom stereocenters. The van der Waals surface area contributed by atoms with Crippen molar-refractivity contribution in [2.75, 3.05) is 0 Å². The van der Waals surface area contributed by atoms with Crippen LogP contribution in [-0.2, 0) is 34.7 Å². The van der Waals surface area contributed by atoms with Crippen molar-refractivity contribution in [3.05, 3.63) is 61.7 Å². The summed E-state index contributed by atoms with van der Waals surface area (Å²) in [4.78, 5) is 30.4. The molecule has 7 nitrogen and oxygen atoms in total. The fourth-order valence-electron chi connectivity index (χ4n) is 5.53. The maximum atomic E-state index is 14.6. The van der Waals surface area contributed by atoms with Crippen LogP contribution in [0.2, 0.25) is 0 Å². The van der Waals surface area contributed by atoms with Crippen LogP contribution in [0.4, 0.5) is 4.39 Å². The predicted octanol–water partition coefficient (Wildman–Crippen LogP) is 2.51. The quantitative estimate of drug-likeness (QED) is 0.445. The summed E-state index contributed by atoms with van der Waals surface area (Å²) in [5.41, 5.74) is 2.36. The van der Waals surface area contributed by atoms with Crippen LogP contribution < -0.4 is 5.56 Å². The second kappa shape index (κ2) is 6.24. The average Bonchev–Trinajstić information content (AvgIpc) is 3.14. The molecule has 3 aromatic rings. The molecule has 0 amide bonds. The number of aliphatic hydroxyl groups is 2. The molecule has 0 bridgehead atoms. The number of esters is 1. The van der Waals surface area contributed by atoms with Gasteiger partial charge in [-0.15, -0.1) is 0 Å². The number of hydrogen-bond donors (Lipinski definition) is 2. The van der Waals surface area contributed by atoms with E-state index in [9.17, 15) is 24.2 Å². The van der Waals surface area contributed by atoms with E-state index in [1.807, 2.05) is 0 Å². The molecule has 6 rings (SSSR count). The third kappa shape index (κ3) is 2.23. The van der Waals surface area contributed by atoms with Crippen molar-refractivity contribution in [2.45, 2.75) is 58.0 Å². The van der Waals surface area contributed by atoms with Gasteiger partial charge in [0, 0.05) is 22.6 Å². The van der Waals surface area contributed by atoms with Gasteiger partial charge in [0.2, 0.25) is 0 Å². The smallest absolute Gasteiger partial charge is 0.343 e. The topological polar surface area (TPSA) is 102 Å². The van der Waals surface area contributed by atoms with Crippen molar-refractivity contribution in [1.82, 2.24) is 9.55 Å². The number of aliphatic hydroxyl groups excluding tert-OH is 1. The van der Waals surface area contributed by atoms with Gasteiger partial charge in [-0.3, -0.25) is 4.79 Å². The van der Waals surface area contributed by atoms with Gasteiger partial charge in [0.25, 0.3) is 5.56 Å². The molecule has 1 aromatic carbocycles. The third-order valence-corrected chi connectivity index (χ3v) is 7.35. The monoisotopic (exact) mass is 436 g/mol. The molecule has 0 saturated carbocycles. The summed E-state index contributed by atoms with van der Waals surface area (Å²) < 4.78 is 21.3. The number of rotatable bonds is 1. The Labute approximate surface area is 182 Å². The Balaban J connectivity index is 1.70. The minimum absolute atomic E-state index is 0.0531. The highest BCUT2D eigenvalue weighted by Crippen LogP contribution is 2.45. The number of hydrogen-bond acceptors (Lipinski definition) is 6. The van der Waals surface area contributed by atoms with E-state index in [0.29, 0.717) is 40.9 Å². The first-order valence-corrected chi connectivity index (χ1v) is 10.8. The van der Waals surface area contributed by atoms with Crippen LogP contribution in [-0.4, -0.2) is 25.7 Å². The third-order valence-electron chi connectivity index (χ3n) is 7.35. The molecule has 164 valence electrons. The first-order valence-electron chi connectivity index (χ1n) is 10.8. The van der Waals surface area contributed by atoms with E-state index in [4.69, 9.17) is 9.72 Å². The molecule has 2 N–H and O–H groups in total. The summed E-state index contributed by atoms with van der Waals surface area (Å²) in [5, 5.41) is 22.7. The van der Waals surface area contributed by atoms with Crippen molar-refractivity contribution < 1.29 is 24.1 Å². The highest BCUT2D eigenvalue weighted by Gasteiger charge is 2.45. The van der Waals surface area contributed by atoms with Gasteiger partial charge in [0.1, 0.15) is 12.4 Å².